The molecule has 0 aliphatic carbocycles. The monoisotopic (exact) mass is 458 g/mol. The van der Waals surface area contributed by atoms with E-state index in [9.17, 15) is 4.79 Å². The van der Waals surface area contributed by atoms with Crippen molar-refractivity contribution in [1.82, 2.24) is 9.97 Å². The highest BCUT2D eigenvalue weighted by Gasteiger charge is 2.28. The van der Waals surface area contributed by atoms with E-state index in [4.69, 9.17) is 21.3 Å². The molecule has 1 saturated heterocycles. The zero-order valence-corrected chi connectivity index (χ0v) is 18.6. The summed E-state index contributed by atoms with van der Waals surface area (Å²) in [6.45, 7) is 1.56. The highest BCUT2D eigenvalue weighted by Crippen LogP contribution is 2.34. The van der Waals surface area contributed by atoms with E-state index in [0.717, 1.165) is 50.7 Å². The molecule has 9 heteroatoms. The smallest absolute Gasteiger partial charge is 0.231 e. The Morgan fingerprint density at radius 2 is 1.97 bits per heavy atom. The molecule has 1 N–H and O–H groups in total. The Bertz CT molecular complexity index is 1240. The van der Waals surface area contributed by atoms with E-state index in [0.29, 0.717) is 16.7 Å². The number of methoxy groups -OCH3 is 1. The number of anilines is 2. The van der Waals surface area contributed by atoms with Crippen LogP contribution in [0.15, 0.2) is 36.4 Å². The highest BCUT2D eigenvalue weighted by molar-refractivity contribution is 7.22. The van der Waals surface area contributed by atoms with Crippen molar-refractivity contribution in [3.8, 4) is 5.75 Å². The molecule has 2 aromatic heterocycles. The minimum Gasteiger partial charge on any atom is -0.497 e. The molecular weight excluding hydrogens is 440 g/mol. The lowest BCUT2D eigenvalue weighted by Crippen LogP contribution is -2.40. The van der Waals surface area contributed by atoms with Gasteiger partial charge in [-0.3, -0.25) is 4.79 Å². The van der Waals surface area contributed by atoms with Crippen LogP contribution in [-0.2, 0) is 4.79 Å². The first-order valence-corrected chi connectivity index (χ1v) is 11.7. The maximum absolute atomic E-state index is 12.9. The van der Waals surface area contributed by atoms with E-state index in [1.54, 1.807) is 18.4 Å². The van der Waals surface area contributed by atoms with Crippen molar-refractivity contribution in [3.63, 3.8) is 0 Å². The van der Waals surface area contributed by atoms with E-state index in [2.05, 4.69) is 15.2 Å². The number of ether oxygens (including phenoxy) is 1. The highest BCUT2D eigenvalue weighted by atomic mass is 35.5. The largest absolute Gasteiger partial charge is 0.497 e. The van der Waals surface area contributed by atoms with Gasteiger partial charge in [-0.2, -0.15) is 0 Å². The fourth-order valence-electron chi connectivity index (χ4n) is 3.68. The van der Waals surface area contributed by atoms with E-state index in [1.807, 2.05) is 36.4 Å². The van der Waals surface area contributed by atoms with Crippen LogP contribution < -0.4 is 15.0 Å². The van der Waals surface area contributed by atoms with Crippen LogP contribution in [0.2, 0.25) is 5.02 Å². The molecule has 2 aromatic carbocycles. The number of nitrogens with zero attached hydrogens (tertiary/aromatic N) is 3. The summed E-state index contributed by atoms with van der Waals surface area (Å²) >= 11 is 9.13. The first-order chi connectivity index (χ1) is 14.6. The number of amides is 1. The molecule has 154 valence electrons. The predicted octanol–water partition coefficient (Wildman–Crippen LogP) is 5.42. The van der Waals surface area contributed by atoms with Gasteiger partial charge in [-0.25, -0.2) is 9.97 Å². The van der Waals surface area contributed by atoms with Crippen LogP contribution in [-0.4, -0.2) is 36.1 Å². The fraction of sp³-hybridized carbons (Fsp3) is 0.286. The lowest BCUT2D eigenvalue weighted by Gasteiger charge is -2.31. The fourth-order valence-corrected chi connectivity index (χ4v) is 5.85. The summed E-state index contributed by atoms with van der Waals surface area (Å²) in [6.07, 6.45) is 1.81. The van der Waals surface area contributed by atoms with Crippen molar-refractivity contribution < 1.29 is 9.53 Å². The van der Waals surface area contributed by atoms with Gasteiger partial charge >= 0.3 is 0 Å². The second-order valence-corrected chi connectivity index (χ2v) is 9.71. The standard InChI is InChI=1S/C21H19ClN4O2S2/c1-28-14-5-7-16-18(10-14)30-21(24-16)26-8-2-3-12(11-26)19(27)25-20-23-15-6-4-13(22)9-17(15)29-20/h4-7,9-10,12H,2-3,8,11H2,1H3,(H,23,25,27). The topological polar surface area (TPSA) is 67.3 Å². The van der Waals surface area contributed by atoms with E-state index in [-0.39, 0.29) is 11.8 Å². The van der Waals surface area contributed by atoms with Gasteiger partial charge in [0.15, 0.2) is 10.3 Å². The second-order valence-electron chi connectivity index (χ2n) is 7.24. The average Bonchev–Trinajstić information content (AvgIpc) is 3.36. The Labute approximate surface area is 186 Å². The van der Waals surface area contributed by atoms with Crippen LogP contribution in [0.4, 0.5) is 10.3 Å². The average molecular weight is 459 g/mol. The molecule has 1 fully saturated rings. The minimum absolute atomic E-state index is 0.00707. The van der Waals surface area contributed by atoms with Crippen molar-refractivity contribution in [2.24, 2.45) is 5.92 Å². The summed E-state index contributed by atoms with van der Waals surface area (Å²) in [7, 11) is 1.66. The summed E-state index contributed by atoms with van der Waals surface area (Å²) in [4.78, 5) is 24.4. The summed E-state index contributed by atoms with van der Waals surface area (Å²) < 4.78 is 7.36. The van der Waals surface area contributed by atoms with E-state index >= 15 is 0 Å². The minimum atomic E-state index is -0.101. The van der Waals surface area contributed by atoms with Crippen molar-refractivity contribution in [2.45, 2.75) is 12.8 Å². The molecule has 6 nitrogen and oxygen atoms in total. The van der Waals surface area contributed by atoms with Crippen LogP contribution in [0.5, 0.6) is 5.75 Å². The van der Waals surface area contributed by atoms with E-state index < -0.39 is 0 Å². The third kappa shape index (κ3) is 3.82. The lowest BCUT2D eigenvalue weighted by molar-refractivity contribution is -0.120. The summed E-state index contributed by atoms with van der Waals surface area (Å²) in [5.74, 6) is 0.731. The summed E-state index contributed by atoms with van der Waals surface area (Å²) in [5, 5.41) is 5.23. The molecule has 0 bridgehead atoms. The normalized spacial score (nSPS) is 16.9. The third-order valence-electron chi connectivity index (χ3n) is 5.23. The maximum atomic E-state index is 12.9. The number of carbonyl (C=O) groups is 1. The van der Waals surface area contributed by atoms with Crippen LogP contribution >= 0.6 is 34.3 Å². The molecule has 5 rings (SSSR count). The van der Waals surface area contributed by atoms with Crippen molar-refractivity contribution in [2.75, 3.05) is 30.4 Å². The van der Waals surface area contributed by atoms with Gasteiger partial charge in [-0.05, 0) is 49.2 Å². The number of carbonyl (C=O) groups excluding carboxylic acids is 1. The van der Waals surface area contributed by atoms with Gasteiger partial charge in [0.1, 0.15) is 5.75 Å². The van der Waals surface area contributed by atoms with Gasteiger partial charge in [0.25, 0.3) is 0 Å². The quantitative estimate of drug-likeness (QED) is 0.442. The number of aromatic nitrogens is 2. The van der Waals surface area contributed by atoms with Gasteiger partial charge in [-0.15, -0.1) is 0 Å². The number of thiazole rings is 2. The third-order valence-corrected chi connectivity index (χ3v) is 7.48. The van der Waals surface area contributed by atoms with Crippen LogP contribution in [0.3, 0.4) is 0 Å². The lowest BCUT2D eigenvalue weighted by atomic mass is 9.97. The Morgan fingerprint density at radius 3 is 2.83 bits per heavy atom. The second kappa shape index (κ2) is 8.02. The summed E-state index contributed by atoms with van der Waals surface area (Å²) in [5.41, 5.74) is 1.80. The first kappa shape index (κ1) is 19.5. The van der Waals surface area contributed by atoms with E-state index in [1.165, 1.54) is 11.3 Å². The number of rotatable bonds is 4. The number of halogens is 1. The Morgan fingerprint density at radius 1 is 1.17 bits per heavy atom. The van der Waals surface area contributed by atoms with Crippen molar-refractivity contribution in [3.05, 3.63) is 41.4 Å². The molecule has 1 aliphatic rings. The number of benzene rings is 2. The zero-order valence-electron chi connectivity index (χ0n) is 16.2. The molecule has 1 unspecified atom stereocenters. The molecular formula is C21H19ClN4O2S2. The van der Waals surface area contributed by atoms with Gasteiger partial charge < -0.3 is 15.0 Å². The SMILES string of the molecule is COc1ccc2nc(N3CCCC(C(=O)Nc4nc5ccc(Cl)cc5s4)C3)sc2c1. The zero-order chi connectivity index (χ0) is 20.7. The number of hydrogen-bond donors (Lipinski definition) is 1. The molecule has 1 atom stereocenters. The molecule has 1 aliphatic heterocycles. The molecule has 30 heavy (non-hydrogen) atoms. The Kier molecular flexibility index (Phi) is 5.22. The maximum Gasteiger partial charge on any atom is 0.231 e. The van der Waals surface area contributed by atoms with Gasteiger partial charge in [0, 0.05) is 18.1 Å². The van der Waals surface area contributed by atoms with Crippen LogP contribution in [0, 0.1) is 5.92 Å². The van der Waals surface area contributed by atoms with Gasteiger partial charge in [0.05, 0.1) is 33.5 Å². The molecule has 0 radical (unpaired) electrons. The molecule has 0 spiro atoms. The van der Waals surface area contributed by atoms with Crippen molar-refractivity contribution in [1.29, 1.82) is 0 Å². The molecule has 4 aromatic rings. The van der Waals surface area contributed by atoms with Gasteiger partial charge in [-0.1, -0.05) is 34.3 Å². The van der Waals surface area contributed by atoms with Crippen molar-refractivity contribution >= 4 is 70.9 Å². The van der Waals surface area contributed by atoms with Crippen LogP contribution in [0.1, 0.15) is 12.8 Å². The van der Waals surface area contributed by atoms with Crippen LogP contribution in [0.25, 0.3) is 20.4 Å². The number of piperidine rings is 1. The molecule has 0 saturated carbocycles. The molecule has 3 heterocycles. The Balaban J connectivity index is 1.31. The summed E-state index contributed by atoms with van der Waals surface area (Å²) in [6, 6.07) is 11.4. The first-order valence-electron chi connectivity index (χ1n) is 9.65. The number of nitrogens with one attached hydrogen (secondary N) is 1. The predicted molar refractivity (Wildman–Crippen MR) is 124 cm³/mol. The Hall–Kier alpha value is -2.42. The number of hydrogen-bond acceptors (Lipinski definition) is 7. The molecule has 1 amide bonds. The van der Waals surface area contributed by atoms with Gasteiger partial charge in [0.2, 0.25) is 5.91 Å². The number of fused-ring (bicyclic) bond motifs is 2.